The second-order valence-electron chi connectivity index (χ2n) is 5.65. The van der Waals surface area contributed by atoms with Crippen molar-refractivity contribution in [1.82, 2.24) is 9.71 Å². The van der Waals surface area contributed by atoms with E-state index in [1.807, 2.05) is 48.0 Å². The third-order valence-corrected chi connectivity index (χ3v) is 5.97. The van der Waals surface area contributed by atoms with Gasteiger partial charge in [-0.15, -0.1) is 0 Å². The number of pyridine rings is 1. The van der Waals surface area contributed by atoms with Gasteiger partial charge in [-0.05, 0) is 60.2 Å². The number of aromatic nitrogens is 1. The largest absolute Gasteiger partial charge is 0.256 e. The summed E-state index contributed by atoms with van der Waals surface area (Å²) in [5, 5.41) is 4.01. The lowest BCUT2D eigenvalue weighted by Crippen LogP contribution is -2.24. The van der Waals surface area contributed by atoms with Crippen molar-refractivity contribution in [3.63, 3.8) is 0 Å². The highest BCUT2D eigenvalue weighted by Gasteiger charge is 2.16. The first-order valence-electron chi connectivity index (χ1n) is 7.50. The molecule has 0 radical (unpaired) electrons. The number of benzene rings is 1. The first-order valence-corrected chi connectivity index (χ1v) is 9.93. The number of rotatable bonds is 5. The normalized spacial score (nSPS) is 11.6. The summed E-state index contributed by atoms with van der Waals surface area (Å²) in [6.45, 7) is 3.92. The number of aryl methyl sites for hydroxylation is 2. The number of nitrogens with zero attached hydrogens (tertiary/aromatic N) is 1. The lowest BCUT2D eigenvalue weighted by atomic mass is 10.1. The van der Waals surface area contributed by atoms with Gasteiger partial charge in [0.25, 0.3) is 0 Å². The van der Waals surface area contributed by atoms with E-state index in [4.69, 9.17) is 0 Å². The van der Waals surface area contributed by atoms with Crippen LogP contribution >= 0.6 is 11.3 Å². The van der Waals surface area contributed by atoms with E-state index in [0.29, 0.717) is 4.90 Å². The summed E-state index contributed by atoms with van der Waals surface area (Å²) < 4.78 is 27.8. The molecule has 3 aromatic rings. The molecule has 0 saturated carbocycles. The van der Waals surface area contributed by atoms with Crippen molar-refractivity contribution in [1.29, 1.82) is 0 Å². The van der Waals surface area contributed by atoms with Crippen LogP contribution in [0.3, 0.4) is 0 Å². The second-order valence-corrected chi connectivity index (χ2v) is 8.17. The molecule has 124 valence electrons. The summed E-state index contributed by atoms with van der Waals surface area (Å²) in [7, 11) is -3.55. The Balaban J connectivity index is 1.80. The van der Waals surface area contributed by atoms with Crippen LogP contribution in [0.25, 0.3) is 11.3 Å². The molecule has 0 saturated heterocycles. The van der Waals surface area contributed by atoms with E-state index >= 15 is 0 Å². The molecule has 1 aromatic carbocycles. The summed E-state index contributed by atoms with van der Waals surface area (Å²) in [5.74, 6) is 0. The van der Waals surface area contributed by atoms with E-state index in [0.717, 1.165) is 27.9 Å². The van der Waals surface area contributed by atoms with E-state index in [2.05, 4.69) is 9.71 Å². The smallest absolute Gasteiger partial charge is 0.241 e. The Bertz CT molecular complexity index is 949. The summed E-state index contributed by atoms with van der Waals surface area (Å²) in [6.07, 6.45) is 1.70. The van der Waals surface area contributed by atoms with Crippen molar-refractivity contribution in [2.75, 3.05) is 0 Å². The minimum atomic E-state index is -3.55. The molecule has 0 bridgehead atoms. The highest BCUT2D eigenvalue weighted by molar-refractivity contribution is 7.89. The molecular formula is C18H18N2O2S2. The van der Waals surface area contributed by atoms with Crippen LogP contribution < -0.4 is 4.72 Å². The highest BCUT2D eigenvalue weighted by Crippen LogP contribution is 2.21. The zero-order valence-electron chi connectivity index (χ0n) is 13.5. The van der Waals surface area contributed by atoms with Crippen LogP contribution in [0, 0.1) is 13.8 Å². The lowest BCUT2D eigenvalue weighted by molar-refractivity contribution is 0.580. The summed E-state index contributed by atoms with van der Waals surface area (Å²) >= 11 is 1.61. The molecule has 2 aromatic heterocycles. The maximum atomic E-state index is 12.6. The van der Waals surface area contributed by atoms with Crippen molar-refractivity contribution in [3.05, 3.63) is 70.0 Å². The van der Waals surface area contributed by atoms with E-state index < -0.39 is 10.0 Å². The topological polar surface area (TPSA) is 59.1 Å². The molecule has 0 amide bonds. The number of hydrogen-bond donors (Lipinski definition) is 1. The Morgan fingerprint density at radius 2 is 1.96 bits per heavy atom. The van der Waals surface area contributed by atoms with E-state index in [1.165, 1.54) is 0 Å². The van der Waals surface area contributed by atoms with Gasteiger partial charge in [0.05, 0.1) is 10.6 Å². The Labute approximate surface area is 146 Å². The van der Waals surface area contributed by atoms with Crippen molar-refractivity contribution in [2.24, 2.45) is 0 Å². The number of thiophene rings is 1. The number of hydrogen-bond acceptors (Lipinski definition) is 4. The van der Waals surface area contributed by atoms with Crippen LogP contribution in [-0.2, 0) is 16.6 Å². The standard InChI is InChI=1S/C18H18N2O2S2/c1-13-3-4-14(2)18(9-13)24(21,22)20-11-15-5-7-19-17(10-15)16-6-8-23-12-16/h3-10,12,20H,11H2,1-2H3. The summed E-state index contributed by atoms with van der Waals surface area (Å²) in [5.41, 5.74) is 4.42. The minimum absolute atomic E-state index is 0.232. The van der Waals surface area contributed by atoms with Crippen LogP contribution in [0.5, 0.6) is 0 Å². The van der Waals surface area contributed by atoms with Gasteiger partial charge in [-0.1, -0.05) is 12.1 Å². The molecule has 0 spiro atoms. The van der Waals surface area contributed by atoms with Crippen molar-refractivity contribution < 1.29 is 8.42 Å². The van der Waals surface area contributed by atoms with Gasteiger partial charge >= 0.3 is 0 Å². The zero-order chi connectivity index (χ0) is 17.2. The average Bonchev–Trinajstić information content (AvgIpc) is 3.10. The van der Waals surface area contributed by atoms with E-state index in [9.17, 15) is 8.42 Å². The van der Waals surface area contributed by atoms with Crippen LogP contribution in [0.1, 0.15) is 16.7 Å². The van der Waals surface area contributed by atoms with Gasteiger partial charge in [-0.3, -0.25) is 4.98 Å². The van der Waals surface area contributed by atoms with Gasteiger partial charge < -0.3 is 0 Å². The van der Waals surface area contributed by atoms with Gasteiger partial charge in [-0.2, -0.15) is 11.3 Å². The molecule has 0 atom stereocenters. The molecule has 0 unspecified atom stereocenters. The molecule has 0 aliphatic carbocycles. The van der Waals surface area contributed by atoms with Crippen molar-refractivity contribution >= 4 is 21.4 Å². The number of sulfonamides is 1. The molecule has 0 aliphatic heterocycles. The third kappa shape index (κ3) is 3.72. The first-order chi connectivity index (χ1) is 11.5. The molecular weight excluding hydrogens is 340 g/mol. The molecule has 4 nitrogen and oxygen atoms in total. The molecule has 24 heavy (non-hydrogen) atoms. The van der Waals surface area contributed by atoms with E-state index in [-0.39, 0.29) is 6.54 Å². The fourth-order valence-corrected chi connectivity index (χ4v) is 4.40. The SMILES string of the molecule is Cc1ccc(C)c(S(=O)(=O)NCc2ccnc(-c3ccsc3)c2)c1. The van der Waals surface area contributed by atoms with Crippen LogP contribution in [0.15, 0.2) is 58.3 Å². The maximum absolute atomic E-state index is 12.6. The van der Waals surface area contributed by atoms with Crippen LogP contribution in [0.4, 0.5) is 0 Å². The fraction of sp³-hybridized carbons (Fsp3) is 0.167. The summed E-state index contributed by atoms with van der Waals surface area (Å²) in [4.78, 5) is 4.67. The first kappa shape index (κ1) is 16.8. The molecule has 1 N–H and O–H groups in total. The van der Waals surface area contributed by atoms with Gasteiger partial charge in [0, 0.05) is 23.7 Å². The predicted molar refractivity (Wildman–Crippen MR) is 97.5 cm³/mol. The zero-order valence-corrected chi connectivity index (χ0v) is 15.1. The minimum Gasteiger partial charge on any atom is -0.256 e. The Morgan fingerprint density at radius 1 is 1.12 bits per heavy atom. The highest BCUT2D eigenvalue weighted by atomic mass is 32.2. The van der Waals surface area contributed by atoms with Gasteiger partial charge in [0.15, 0.2) is 0 Å². The van der Waals surface area contributed by atoms with Gasteiger partial charge in [0.1, 0.15) is 0 Å². The average molecular weight is 358 g/mol. The third-order valence-electron chi connectivity index (χ3n) is 3.74. The molecule has 0 fully saturated rings. The monoisotopic (exact) mass is 358 g/mol. The maximum Gasteiger partial charge on any atom is 0.241 e. The Morgan fingerprint density at radius 3 is 2.71 bits per heavy atom. The van der Waals surface area contributed by atoms with Crippen LogP contribution in [-0.4, -0.2) is 13.4 Å². The second kappa shape index (κ2) is 6.84. The summed E-state index contributed by atoms with van der Waals surface area (Å²) in [6, 6.07) is 11.2. The van der Waals surface area contributed by atoms with Crippen molar-refractivity contribution in [2.45, 2.75) is 25.3 Å². The number of nitrogens with one attached hydrogen (secondary N) is 1. The molecule has 6 heteroatoms. The van der Waals surface area contributed by atoms with Crippen molar-refractivity contribution in [3.8, 4) is 11.3 Å². The predicted octanol–water partition coefficient (Wildman–Crippen LogP) is 3.91. The quantitative estimate of drug-likeness (QED) is 0.752. The van der Waals surface area contributed by atoms with Gasteiger partial charge in [0.2, 0.25) is 10.0 Å². The molecule has 3 rings (SSSR count). The van der Waals surface area contributed by atoms with E-state index in [1.54, 1.807) is 30.5 Å². The molecule has 2 heterocycles. The fourth-order valence-electron chi connectivity index (χ4n) is 2.41. The van der Waals surface area contributed by atoms with Gasteiger partial charge in [-0.25, -0.2) is 13.1 Å². The van der Waals surface area contributed by atoms with Crippen LogP contribution in [0.2, 0.25) is 0 Å². The Kier molecular flexibility index (Phi) is 4.80. The Hall–Kier alpha value is -2.02. The molecule has 0 aliphatic rings. The lowest BCUT2D eigenvalue weighted by Gasteiger charge is -2.10.